The van der Waals surface area contributed by atoms with E-state index in [2.05, 4.69) is 20.5 Å². The molecule has 218 valence electrons. The predicted octanol–water partition coefficient (Wildman–Crippen LogP) is 6.44. The number of benzene rings is 4. The van der Waals surface area contributed by atoms with Gasteiger partial charge in [0.25, 0.3) is 20.2 Å². The minimum absolute atomic E-state index is 0. The quantitative estimate of drug-likeness (QED) is 0.0829. The average molecular weight is 687 g/mol. The molecule has 0 aliphatic rings. The molecule has 2 N–H and O–H groups in total. The zero-order chi connectivity index (χ0) is 30.3. The van der Waals surface area contributed by atoms with Gasteiger partial charge < -0.3 is 9.47 Å². The van der Waals surface area contributed by atoms with Crippen LogP contribution in [0.5, 0.6) is 11.5 Å². The standard InChI is InChI=1S/C28H24N4O8S2.2K/c1-39-25-13-9-21(10-14-25)29-31-23-7-5-19(27(17-23)41(33,34)35)3-4-20-6-8-24(18-28(20)42(36,37)38)32-30-22-11-15-26(40-2)16-12-22;;/h3-18H,1-2H3,(H,33,34,35)(H,36,37,38);;. The van der Waals surface area contributed by atoms with Gasteiger partial charge in [0.15, 0.2) is 0 Å². The maximum Gasteiger partial charge on any atom is 0.295 e. The summed E-state index contributed by atoms with van der Waals surface area (Å²) < 4.78 is 78.3. The Labute approximate surface area is 340 Å². The van der Waals surface area contributed by atoms with Crippen molar-refractivity contribution < 1.29 is 35.4 Å². The Bertz CT molecular complexity index is 1760. The number of methoxy groups -OCH3 is 2. The second kappa shape index (κ2) is 17.4. The first-order valence-corrected chi connectivity index (χ1v) is 14.9. The van der Waals surface area contributed by atoms with Crippen LogP contribution in [0.2, 0.25) is 0 Å². The molecule has 44 heavy (non-hydrogen) atoms. The predicted molar refractivity (Wildman–Crippen MR) is 167 cm³/mol. The van der Waals surface area contributed by atoms with E-state index in [4.69, 9.17) is 9.47 Å². The average Bonchev–Trinajstić information content (AvgIpc) is 2.98. The molecule has 0 fully saturated rings. The summed E-state index contributed by atoms with van der Waals surface area (Å²) in [6.07, 6.45) is 2.55. The summed E-state index contributed by atoms with van der Waals surface area (Å²) in [6.45, 7) is 0. The first-order chi connectivity index (χ1) is 20.0. The van der Waals surface area contributed by atoms with E-state index in [1.54, 1.807) is 48.5 Å². The Morgan fingerprint density at radius 1 is 0.523 bits per heavy atom. The fourth-order valence-corrected chi connectivity index (χ4v) is 5.01. The van der Waals surface area contributed by atoms with E-state index in [9.17, 15) is 25.9 Å². The normalized spacial score (nSPS) is 11.8. The minimum Gasteiger partial charge on any atom is -0.497 e. The Hall–Kier alpha value is -1.49. The molecule has 2 radical (unpaired) electrons. The van der Waals surface area contributed by atoms with Crippen LogP contribution in [0.1, 0.15) is 11.1 Å². The second-order valence-corrected chi connectivity index (χ2v) is 11.3. The summed E-state index contributed by atoms with van der Waals surface area (Å²) in [6, 6.07) is 21.3. The van der Waals surface area contributed by atoms with Crippen molar-refractivity contribution >= 4 is 158 Å². The van der Waals surface area contributed by atoms with Crippen LogP contribution in [0.15, 0.2) is 115 Å². The summed E-state index contributed by atoms with van der Waals surface area (Å²) in [5.41, 5.74) is 1.31. The van der Waals surface area contributed by atoms with Crippen molar-refractivity contribution in [2.75, 3.05) is 14.2 Å². The maximum atomic E-state index is 12.1. The molecular formula is C28H24K2N4O8S2. The van der Waals surface area contributed by atoms with Gasteiger partial charge in [-0.3, -0.25) is 9.11 Å². The minimum atomic E-state index is -4.71. The molecule has 0 aromatic heterocycles. The van der Waals surface area contributed by atoms with Gasteiger partial charge in [-0.1, -0.05) is 24.3 Å². The first-order valence-electron chi connectivity index (χ1n) is 12.0. The third kappa shape index (κ3) is 11.1. The molecule has 0 saturated carbocycles. The number of hydrogen-bond donors (Lipinski definition) is 2. The van der Waals surface area contributed by atoms with Crippen molar-refractivity contribution in [3.63, 3.8) is 0 Å². The Morgan fingerprint density at radius 2 is 0.818 bits per heavy atom. The van der Waals surface area contributed by atoms with E-state index < -0.39 is 30.0 Å². The Morgan fingerprint density at radius 3 is 1.11 bits per heavy atom. The van der Waals surface area contributed by atoms with Gasteiger partial charge in [0.1, 0.15) is 21.3 Å². The number of azo groups is 2. The van der Waals surface area contributed by atoms with E-state index in [-0.39, 0.29) is 125 Å². The molecule has 4 aromatic carbocycles. The van der Waals surface area contributed by atoms with Crippen molar-refractivity contribution in [3.05, 3.63) is 96.1 Å². The molecule has 0 saturated heterocycles. The van der Waals surface area contributed by atoms with E-state index in [1.807, 2.05) is 0 Å². The first kappa shape index (κ1) is 38.7. The molecule has 0 heterocycles. The van der Waals surface area contributed by atoms with Crippen LogP contribution in [-0.2, 0) is 20.2 Å². The number of rotatable bonds is 10. The monoisotopic (exact) mass is 686 g/mol. The summed E-state index contributed by atoms with van der Waals surface area (Å²) >= 11 is 0. The molecule has 0 spiro atoms. The van der Waals surface area contributed by atoms with Crippen LogP contribution in [0.25, 0.3) is 12.2 Å². The van der Waals surface area contributed by atoms with Gasteiger partial charge in [-0.05, 0) is 83.9 Å². The van der Waals surface area contributed by atoms with Crippen molar-refractivity contribution in [1.82, 2.24) is 0 Å². The fourth-order valence-electron chi connectivity index (χ4n) is 3.60. The van der Waals surface area contributed by atoms with Gasteiger partial charge in [-0.25, -0.2) is 0 Å². The van der Waals surface area contributed by atoms with Gasteiger partial charge in [-0.15, -0.1) is 0 Å². The topological polar surface area (TPSA) is 177 Å². The van der Waals surface area contributed by atoms with Crippen LogP contribution in [0, 0.1) is 0 Å². The van der Waals surface area contributed by atoms with Gasteiger partial charge in [0.2, 0.25) is 0 Å². The molecule has 0 unspecified atom stereocenters. The fraction of sp³-hybridized carbons (Fsp3) is 0.0714. The maximum absolute atomic E-state index is 12.1. The zero-order valence-electron chi connectivity index (χ0n) is 24.2. The van der Waals surface area contributed by atoms with Gasteiger partial charge in [0.05, 0.1) is 37.0 Å². The van der Waals surface area contributed by atoms with Crippen LogP contribution in [-0.4, -0.2) is 143 Å². The Kier molecular flexibility index (Phi) is 15.3. The molecule has 0 atom stereocenters. The largest absolute Gasteiger partial charge is 0.497 e. The SMILES string of the molecule is COc1ccc(N=Nc2ccc(C=Cc3ccc(N=Nc4ccc(OC)cc4)cc3S(=O)(=O)O)c(S(=O)(=O)O)c2)cc1.[K].[K]. The second-order valence-electron chi connectivity index (χ2n) is 8.52. The van der Waals surface area contributed by atoms with Crippen molar-refractivity contribution in [2.24, 2.45) is 20.5 Å². The molecule has 0 bridgehead atoms. The summed E-state index contributed by atoms with van der Waals surface area (Å²) in [7, 11) is -6.36. The van der Waals surface area contributed by atoms with E-state index in [0.29, 0.717) is 22.9 Å². The third-order valence-electron chi connectivity index (χ3n) is 5.70. The number of ether oxygens (including phenoxy) is 2. The van der Waals surface area contributed by atoms with E-state index in [1.165, 1.54) is 50.6 Å². The molecule has 16 heteroatoms. The smallest absolute Gasteiger partial charge is 0.295 e. The molecule has 12 nitrogen and oxygen atoms in total. The molecule has 0 aliphatic carbocycles. The molecule has 0 amide bonds. The molecule has 0 aliphatic heterocycles. The van der Waals surface area contributed by atoms with Crippen molar-refractivity contribution in [1.29, 1.82) is 0 Å². The number of nitrogens with zero attached hydrogens (tertiary/aromatic N) is 4. The third-order valence-corrected chi connectivity index (χ3v) is 7.52. The molecule has 4 rings (SSSR count). The zero-order valence-corrected chi connectivity index (χ0v) is 32.1. The van der Waals surface area contributed by atoms with E-state index in [0.717, 1.165) is 12.1 Å². The molecule has 4 aromatic rings. The Balaban J connectivity index is 0.00000337. The van der Waals surface area contributed by atoms with Gasteiger partial charge in [-0.2, -0.15) is 37.3 Å². The summed E-state index contributed by atoms with van der Waals surface area (Å²) in [4.78, 5) is -0.966. The van der Waals surface area contributed by atoms with Gasteiger partial charge in [0, 0.05) is 103 Å². The van der Waals surface area contributed by atoms with Crippen LogP contribution < -0.4 is 9.47 Å². The summed E-state index contributed by atoms with van der Waals surface area (Å²) in [5, 5.41) is 16.1. The summed E-state index contributed by atoms with van der Waals surface area (Å²) in [5.74, 6) is 1.26. The van der Waals surface area contributed by atoms with Crippen molar-refractivity contribution in [3.8, 4) is 11.5 Å². The molecular weight excluding hydrogens is 663 g/mol. The van der Waals surface area contributed by atoms with E-state index >= 15 is 0 Å². The van der Waals surface area contributed by atoms with Crippen LogP contribution in [0.4, 0.5) is 22.7 Å². The number of hydrogen-bond acceptors (Lipinski definition) is 10. The van der Waals surface area contributed by atoms with Gasteiger partial charge >= 0.3 is 0 Å². The van der Waals surface area contributed by atoms with Crippen molar-refractivity contribution in [2.45, 2.75) is 9.79 Å². The van der Waals surface area contributed by atoms with Crippen LogP contribution in [0.3, 0.4) is 0 Å². The van der Waals surface area contributed by atoms with Crippen LogP contribution >= 0.6 is 0 Å².